The Morgan fingerprint density at radius 1 is 1.19 bits per heavy atom. The van der Waals surface area contributed by atoms with E-state index in [1.807, 2.05) is 31.3 Å². The van der Waals surface area contributed by atoms with Crippen molar-refractivity contribution >= 4 is 37.4 Å². The first-order valence-corrected chi connectivity index (χ1v) is 8.44. The summed E-state index contributed by atoms with van der Waals surface area (Å²) in [5.41, 5.74) is 1.97. The van der Waals surface area contributed by atoms with Gasteiger partial charge in [0.15, 0.2) is 0 Å². The first kappa shape index (κ1) is 14.7. The Morgan fingerprint density at radius 3 is 2.76 bits per heavy atom. The zero-order valence-corrected chi connectivity index (χ0v) is 14.0. The van der Waals surface area contributed by atoms with Crippen LogP contribution in [0.3, 0.4) is 0 Å². The highest BCUT2D eigenvalue weighted by molar-refractivity contribution is 9.10. The third-order valence-corrected chi connectivity index (χ3v) is 5.66. The van der Waals surface area contributed by atoms with Crippen molar-refractivity contribution in [3.8, 4) is 0 Å². The van der Waals surface area contributed by atoms with E-state index in [0.29, 0.717) is 6.42 Å². The van der Waals surface area contributed by atoms with Crippen LogP contribution in [0, 0.1) is 5.82 Å². The lowest BCUT2D eigenvalue weighted by Crippen LogP contribution is -2.19. The standard InChI is InChI=1S/C17H15BrFNS/c1-20-16(9-11-5-2-3-8-15(11)19)13-10-21-17-12(13)6-4-7-14(17)18/h2-8,10,16,20H,9H2,1H3. The molecule has 0 saturated heterocycles. The van der Waals surface area contributed by atoms with Crippen molar-refractivity contribution in [1.29, 1.82) is 0 Å². The van der Waals surface area contributed by atoms with Gasteiger partial charge in [-0.3, -0.25) is 0 Å². The molecule has 0 spiro atoms. The lowest BCUT2D eigenvalue weighted by atomic mass is 9.98. The fraction of sp³-hybridized carbons (Fsp3) is 0.176. The number of nitrogens with one attached hydrogen (secondary N) is 1. The largest absolute Gasteiger partial charge is 0.313 e. The molecule has 4 heteroatoms. The van der Waals surface area contributed by atoms with Crippen LogP contribution in [0.25, 0.3) is 10.1 Å². The molecule has 1 N–H and O–H groups in total. The van der Waals surface area contributed by atoms with E-state index in [1.54, 1.807) is 17.4 Å². The summed E-state index contributed by atoms with van der Waals surface area (Å²) in [6, 6.07) is 13.3. The molecule has 0 bridgehead atoms. The fourth-order valence-electron chi connectivity index (χ4n) is 2.56. The van der Waals surface area contributed by atoms with Gasteiger partial charge in [0.2, 0.25) is 0 Å². The second-order valence-electron chi connectivity index (χ2n) is 4.94. The van der Waals surface area contributed by atoms with Gasteiger partial charge in [-0.1, -0.05) is 30.3 Å². The first-order valence-electron chi connectivity index (χ1n) is 6.77. The fourth-order valence-corrected chi connectivity index (χ4v) is 4.24. The Bertz CT molecular complexity index is 768. The van der Waals surface area contributed by atoms with Crippen molar-refractivity contribution in [2.24, 2.45) is 0 Å². The zero-order chi connectivity index (χ0) is 14.8. The normalized spacial score (nSPS) is 12.7. The molecule has 0 amide bonds. The van der Waals surface area contributed by atoms with Crippen molar-refractivity contribution < 1.29 is 4.39 Å². The number of hydrogen-bond donors (Lipinski definition) is 1. The van der Waals surface area contributed by atoms with Gasteiger partial charge >= 0.3 is 0 Å². The number of hydrogen-bond acceptors (Lipinski definition) is 2. The predicted molar refractivity (Wildman–Crippen MR) is 91.4 cm³/mol. The molecule has 108 valence electrons. The molecule has 0 radical (unpaired) electrons. The number of halogens is 2. The quantitative estimate of drug-likeness (QED) is 0.662. The zero-order valence-electron chi connectivity index (χ0n) is 11.6. The van der Waals surface area contributed by atoms with Gasteiger partial charge in [-0.05, 0) is 63.4 Å². The molecule has 3 aromatic rings. The van der Waals surface area contributed by atoms with E-state index in [1.165, 1.54) is 21.7 Å². The van der Waals surface area contributed by atoms with Gasteiger partial charge in [-0.15, -0.1) is 11.3 Å². The molecule has 3 rings (SSSR count). The number of thiophene rings is 1. The van der Waals surface area contributed by atoms with Crippen molar-refractivity contribution in [2.45, 2.75) is 12.5 Å². The van der Waals surface area contributed by atoms with Crippen molar-refractivity contribution in [3.05, 3.63) is 69.3 Å². The monoisotopic (exact) mass is 363 g/mol. The van der Waals surface area contributed by atoms with Crippen LogP contribution < -0.4 is 5.32 Å². The maximum Gasteiger partial charge on any atom is 0.126 e. The Kier molecular flexibility index (Phi) is 4.38. The lowest BCUT2D eigenvalue weighted by molar-refractivity contribution is 0.557. The average molecular weight is 364 g/mol. The summed E-state index contributed by atoms with van der Waals surface area (Å²) in [5, 5.41) is 6.71. The summed E-state index contributed by atoms with van der Waals surface area (Å²) in [4.78, 5) is 0. The van der Waals surface area contributed by atoms with Crippen LogP contribution in [0.5, 0.6) is 0 Å². The van der Waals surface area contributed by atoms with E-state index in [4.69, 9.17) is 0 Å². The summed E-state index contributed by atoms with van der Waals surface area (Å²) < 4.78 is 16.2. The van der Waals surface area contributed by atoms with Crippen LogP contribution in [0.15, 0.2) is 52.3 Å². The summed E-state index contributed by atoms with van der Waals surface area (Å²) in [5.74, 6) is -0.140. The molecule has 1 aromatic heterocycles. The molecule has 0 saturated carbocycles. The molecule has 0 aliphatic carbocycles. The van der Waals surface area contributed by atoms with Gasteiger partial charge in [0.05, 0.1) is 0 Å². The number of benzene rings is 2. The molecule has 0 fully saturated rings. The van der Waals surface area contributed by atoms with E-state index in [2.05, 4.69) is 32.7 Å². The molecule has 1 atom stereocenters. The van der Waals surface area contributed by atoms with Crippen molar-refractivity contribution in [1.82, 2.24) is 5.32 Å². The minimum absolute atomic E-state index is 0.102. The van der Waals surface area contributed by atoms with Crippen LogP contribution in [0.1, 0.15) is 17.2 Å². The van der Waals surface area contributed by atoms with Crippen LogP contribution in [-0.4, -0.2) is 7.05 Å². The van der Waals surface area contributed by atoms with Crippen LogP contribution >= 0.6 is 27.3 Å². The molecule has 21 heavy (non-hydrogen) atoms. The third kappa shape index (κ3) is 2.89. The molecule has 0 aliphatic heterocycles. The lowest BCUT2D eigenvalue weighted by Gasteiger charge is -2.16. The van der Waals surface area contributed by atoms with Gasteiger partial charge < -0.3 is 5.32 Å². The minimum atomic E-state index is -0.140. The molecule has 1 unspecified atom stereocenters. The average Bonchev–Trinajstić information content (AvgIpc) is 2.92. The van der Waals surface area contributed by atoms with Crippen molar-refractivity contribution in [3.63, 3.8) is 0 Å². The predicted octanol–water partition coefficient (Wildman–Crippen LogP) is 5.31. The van der Waals surface area contributed by atoms with E-state index in [9.17, 15) is 4.39 Å². The topological polar surface area (TPSA) is 12.0 Å². The van der Waals surface area contributed by atoms with Gasteiger partial charge in [-0.2, -0.15) is 0 Å². The minimum Gasteiger partial charge on any atom is -0.313 e. The second-order valence-corrected chi connectivity index (χ2v) is 6.68. The van der Waals surface area contributed by atoms with Crippen LogP contribution in [-0.2, 0) is 6.42 Å². The summed E-state index contributed by atoms with van der Waals surface area (Å²) in [7, 11) is 1.92. The van der Waals surface area contributed by atoms with E-state index in [-0.39, 0.29) is 11.9 Å². The molecular formula is C17H15BrFNS. The highest BCUT2D eigenvalue weighted by Crippen LogP contribution is 2.36. The molecule has 1 heterocycles. The van der Waals surface area contributed by atoms with Crippen LogP contribution in [0.2, 0.25) is 0 Å². The molecular weight excluding hydrogens is 349 g/mol. The summed E-state index contributed by atoms with van der Waals surface area (Å²) in [6.45, 7) is 0. The Balaban J connectivity index is 1.99. The smallest absolute Gasteiger partial charge is 0.126 e. The van der Waals surface area contributed by atoms with Crippen LogP contribution in [0.4, 0.5) is 4.39 Å². The van der Waals surface area contributed by atoms with Gasteiger partial charge in [-0.25, -0.2) is 4.39 Å². The van der Waals surface area contributed by atoms with E-state index in [0.717, 1.165) is 10.0 Å². The highest BCUT2D eigenvalue weighted by atomic mass is 79.9. The van der Waals surface area contributed by atoms with E-state index < -0.39 is 0 Å². The van der Waals surface area contributed by atoms with E-state index >= 15 is 0 Å². The second kappa shape index (κ2) is 6.26. The summed E-state index contributed by atoms with van der Waals surface area (Å²) >= 11 is 5.31. The number of fused-ring (bicyclic) bond motifs is 1. The maximum atomic E-state index is 13.9. The highest BCUT2D eigenvalue weighted by Gasteiger charge is 2.17. The third-order valence-electron chi connectivity index (χ3n) is 3.69. The Labute approximate surface area is 135 Å². The maximum absolute atomic E-state index is 13.9. The molecule has 2 aromatic carbocycles. The van der Waals surface area contributed by atoms with Gasteiger partial charge in [0, 0.05) is 15.2 Å². The molecule has 1 nitrogen and oxygen atoms in total. The van der Waals surface area contributed by atoms with Gasteiger partial charge in [0.1, 0.15) is 5.82 Å². The Hall–Kier alpha value is -1.23. The number of rotatable bonds is 4. The summed E-state index contributed by atoms with van der Waals surface area (Å²) in [6.07, 6.45) is 0.640. The Morgan fingerprint density at radius 2 is 2.00 bits per heavy atom. The SMILES string of the molecule is CNC(Cc1ccccc1F)c1csc2c(Br)cccc12. The van der Waals surface area contributed by atoms with Crippen molar-refractivity contribution in [2.75, 3.05) is 7.05 Å². The molecule has 0 aliphatic rings. The first-order chi connectivity index (χ1) is 10.2. The number of likely N-dealkylation sites (N-methyl/N-ethyl adjacent to an activating group) is 1. The van der Waals surface area contributed by atoms with Gasteiger partial charge in [0.25, 0.3) is 0 Å².